The van der Waals surface area contributed by atoms with Crippen molar-refractivity contribution in [2.45, 2.75) is 26.1 Å². The molecule has 1 aliphatic rings. The number of hydrogen-bond acceptors (Lipinski definition) is 3. The molecule has 0 saturated carbocycles. The molecule has 1 heterocycles. The van der Waals surface area contributed by atoms with Crippen molar-refractivity contribution < 1.29 is 22.7 Å². The van der Waals surface area contributed by atoms with E-state index in [4.69, 9.17) is 4.74 Å². The van der Waals surface area contributed by atoms with Crippen molar-refractivity contribution in [2.24, 2.45) is 0 Å². The zero-order chi connectivity index (χ0) is 17.9. The van der Waals surface area contributed by atoms with E-state index >= 15 is 0 Å². The van der Waals surface area contributed by atoms with Crippen LogP contribution in [0.25, 0.3) is 0 Å². The van der Waals surface area contributed by atoms with Crippen molar-refractivity contribution in [1.29, 1.82) is 0 Å². The average Bonchev–Trinajstić information content (AvgIpc) is 2.52. The normalized spacial score (nSPS) is 16.5. The van der Waals surface area contributed by atoms with Gasteiger partial charge in [-0.2, -0.15) is 13.2 Å². The Labute approximate surface area is 153 Å². The van der Waals surface area contributed by atoms with Gasteiger partial charge in [0.05, 0.1) is 3.57 Å². The lowest BCUT2D eigenvalue weighted by Gasteiger charge is -2.37. The summed E-state index contributed by atoms with van der Waals surface area (Å²) in [6.07, 6.45) is -4.38. The van der Waals surface area contributed by atoms with Gasteiger partial charge in [-0.25, -0.2) is 0 Å². The molecule has 8 heteroatoms. The van der Waals surface area contributed by atoms with Gasteiger partial charge in [-0.1, -0.05) is 0 Å². The Hall–Kier alpha value is -1.03. The fourth-order valence-corrected chi connectivity index (χ4v) is 3.21. The first-order valence-electron chi connectivity index (χ1n) is 7.70. The molecular weight excluding hydrogens is 436 g/mol. The van der Waals surface area contributed by atoms with Gasteiger partial charge in [0, 0.05) is 37.8 Å². The van der Waals surface area contributed by atoms with Crippen molar-refractivity contribution in [3.05, 3.63) is 27.3 Å². The van der Waals surface area contributed by atoms with Crippen LogP contribution in [0.3, 0.4) is 0 Å². The Morgan fingerprint density at radius 2 is 1.88 bits per heavy atom. The number of halogens is 4. The minimum Gasteiger partial charge on any atom is -0.483 e. The molecule has 0 atom stereocenters. The van der Waals surface area contributed by atoms with Crippen molar-refractivity contribution in [3.8, 4) is 5.75 Å². The minimum atomic E-state index is -4.38. The highest BCUT2D eigenvalue weighted by molar-refractivity contribution is 14.1. The SMILES string of the molecule is CC(C)N1CCN(C(=O)c2ccc(OCC(F)(F)F)c(I)c2)CC1. The number of carbonyl (C=O) groups excluding carboxylic acids is 1. The fraction of sp³-hybridized carbons (Fsp3) is 0.562. The predicted octanol–water partition coefficient (Wildman–Crippen LogP) is 3.40. The van der Waals surface area contributed by atoms with Crippen LogP contribution < -0.4 is 4.74 Å². The summed E-state index contributed by atoms with van der Waals surface area (Å²) in [5.41, 5.74) is 0.469. The number of hydrogen-bond donors (Lipinski definition) is 0. The average molecular weight is 456 g/mol. The molecule has 0 unspecified atom stereocenters. The Morgan fingerprint density at radius 3 is 2.38 bits per heavy atom. The van der Waals surface area contributed by atoms with Gasteiger partial charge in [-0.05, 0) is 54.6 Å². The number of amides is 1. The molecule has 0 N–H and O–H groups in total. The molecule has 1 aliphatic heterocycles. The van der Waals surface area contributed by atoms with Gasteiger partial charge in [0.1, 0.15) is 5.75 Å². The molecule has 1 amide bonds. The highest BCUT2D eigenvalue weighted by atomic mass is 127. The second kappa shape index (κ2) is 7.90. The zero-order valence-corrected chi connectivity index (χ0v) is 15.7. The summed E-state index contributed by atoms with van der Waals surface area (Å²) in [7, 11) is 0. The summed E-state index contributed by atoms with van der Waals surface area (Å²) >= 11 is 1.88. The first-order valence-corrected chi connectivity index (χ1v) is 8.77. The molecule has 4 nitrogen and oxygen atoms in total. The zero-order valence-electron chi connectivity index (χ0n) is 13.6. The van der Waals surface area contributed by atoms with Crippen LogP contribution >= 0.6 is 22.6 Å². The molecule has 0 radical (unpaired) electrons. The second-order valence-electron chi connectivity index (χ2n) is 5.97. The standard InChI is InChI=1S/C16H20F3IN2O2/c1-11(2)21-5-7-22(8-6-21)15(23)12-3-4-14(13(20)9-12)24-10-16(17,18)19/h3-4,9,11H,5-8,10H2,1-2H3. The van der Waals surface area contributed by atoms with Gasteiger partial charge < -0.3 is 9.64 Å². The first kappa shape index (κ1) is 19.3. The van der Waals surface area contributed by atoms with Crippen LogP contribution in [0.1, 0.15) is 24.2 Å². The van der Waals surface area contributed by atoms with Crippen molar-refractivity contribution in [2.75, 3.05) is 32.8 Å². The largest absolute Gasteiger partial charge is 0.483 e. The number of benzene rings is 1. The molecule has 1 saturated heterocycles. The molecule has 1 fully saturated rings. The highest BCUT2D eigenvalue weighted by Crippen LogP contribution is 2.25. The molecule has 1 aromatic rings. The van der Waals surface area contributed by atoms with Gasteiger partial charge in [-0.3, -0.25) is 9.69 Å². The quantitative estimate of drug-likeness (QED) is 0.652. The third-order valence-electron chi connectivity index (χ3n) is 3.90. The summed E-state index contributed by atoms with van der Waals surface area (Å²) in [4.78, 5) is 16.6. The second-order valence-corrected chi connectivity index (χ2v) is 7.13. The topological polar surface area (TPSA) is 32.8 Å². The van der Waals surface area contributed by atoms with E-state index in [9.17, 15) is 18.0 Å². The molecule has 0 spiro atoms. The summed E-state index contributed by atoms with van der Waals surface area (Å²) < 4.78 is 41.9. The molecule has 2 rings (SSSR count). The lowest BCUT2D eigenvalue weighted by atomic mass is 10.1. The molecular formula is C16H20F3IN2O2. The van der Waals surface area contributed by atoms with E-state index in [0.29, 0.717) is 28.3 Å². The number of rotatable bonds is 4. The summed E-state index contributed by atoms with van der Waals surface area (Å²) in [6.45, 7) is 5.87. The van der Waals surface area contributed by atoms with E-state index < -0.39 is 12.8 Å². The molecule has 0 bridgehead atoms. The predicted molar refractivity (Wildman–Crippen MR) is 93.3 cm³/mol. The molecule has 24 heavy (non-hydrogen) atoms. The maximum absolute atomic E-state index is 12.5. The summed E-state index contributed by atoms with van der Waals surface area (Å²) in [6, 6.07) is 4.97. The van der Waals surface area contributed by atoms with Crippen molar-refractivity contribution in [3.63, 3.8) is 0 Å². The van der Waals surface area contributed by atoms with Gasteiger partial charge in [0.15, 0.2) is 6.61 Å². The maximum Gasteiger partial charge on any atom is 0.422 e. The van der Waals surface area contributed by atoms with Crippen LogP contribution in [0, 0.1) is 3.57 Å². The third kappa shape index (κ3) is 5.23. The van der Waals surface area contributed by atoms with Crippen molar-refractivity contribution in [1.82, 2.24) is 9.80 Å². The number of nitrogens with zero attached hydrogens (tertiary/aromatic N) is 2. The monoisotopic (exact) mass is 456 g/mol. The van der Waals surface area contributed by atoms with E-state index in [1.807, 2.05) is 22.6 Å². The van der Waals surface area contributed by atoms with Crippen LogP contribution in [0.2, 0.25) is 0 Å². The van der Waals surface area contributed by atoms with E-state index in [2.05, 4.69) is 18.7 Å². The maximum atomic E-state index is 12.5. The lowest BCUT2D eigenvalue weighted by Crippen LogP contribution is -2.50. The third-order valence-corrected chi connectivity index (χ3v) is 4.74. The molecule has 1 aromatic carbocycles. The number of piperazine rings is 1. The van der Waals surface area contributed by atoms with Gasteiger partial charge in [0.25, 0.3) is 5.91 Å². The molecule has 0 aliphatic carbocycles. The molecule has 0 aromatic heterocycles. The number of ether oxygens (including phenoxy) is 1. The van der Waals surface area contributed by atoms with E-state index in [0.717, 1.165) is 13.1 Å². The van der Waals surface area contributed by atoms with Crippen LogP contribution in [-0.2, 0) is 0 Å². The van der Waals surface area contributed by atoms with Crippen molar-refractivity contribution >= 4 is 28.5 Å². The Bertz CT molecular complexity index is 585. The molecule has 134 valence electrons. The first-order chi connectivity index (χ1) is 11.2. The number of carbonyl (C=O) groups is 1. The highest BCUT2D eigenvalue weighted by Gasteiger charge is 2.29. The smallest absolute Gasteiger partial charge is 0.422 e. The van der Waals surface area contributed by atoms with Crippen LogP contribution in [0.15, 0.2) is 18.2 Å². The van der Waals surface area contributed by atoms with Gasteiger partial charge in [0.2, 0.25) is 0 Å². The van der Waals surface area contributed by atoms with Crippen LogP contribution in [0.5, 0.6) is 5.75 Å². The van der Waals surface area contributed by atoms with Gasteiger partial charge >= 0.3 is 6.18 Å². The Morgan fingerprint density at radius 1 is 1.25 bits per heavy atom. The Balaban J connectivity index is 1.99. The fourth-order valence-electron chi connectivity index (χ4n) is 2.53. The van der Waals surface area contributed by atoms with Crippen LogP contribution in [0.4, 0.5) is 13.2 Å². The van der Waals surface area contributed by atoms with E-state index in [1.165, 1.54) is 12.1 Å². The van der Waals surface area contributed by atoms with Crippen LogP contribution in [-0.4, -0.2) is 60.7 Å². The summed E-state index contributed by atoms with van der Waals surface area (Å²) in [5, 5.41) is 0. The van der Waals surface area contributed by atoms with E-state index in [1.54, 1.807) is 11.0 Å². The number of alkyl halides is 3. The summed E-state index contributed by atoms with van der Waals surface area (Å²) in [5.74, 6) is 0.0350. The lowest BCUT2D eigenvalue weighted by molar-refractivity contribution is -0.153. The Kier molecular flexibility index (Phi) is 6.35. The minimum absolute atomic E-state index is 0.0984. The van der Waals surface area contributed by atoms with E-state index in [-0.39, 0.29) is 11.7 Å². The van der Waals surface area contributed by atoms with Gasteiger partial charge in [-0.15, -0.1) is 0 Å².